The number of benzene rings is 1. The molecular weight excluding hydrogens is 458 g/mol. The van der Waals surface area contributed by atoms with Crippen LogP contribution in [0.4, 0.5) is 5.69 Å². The van der Waals surface area contributed by atoms with Crippen molar-refractivity contribution < 1.29 is 27.5 Å². The number of hydrogen-bond donors (Lipinski definition) is 1. The van der Waals surface area contributed by atoms with Gasteiger partial charge in [0.05, 0.1) is 24.0 Å². The minimum Gasteiger partial charge on any atom is -0.491 e. The molecule has 3 atom stereocenters. The zero-order valence-corrected chi connectivity index (χ0v) is 21.6. The molecule has 190 valence electrons. The highest BCUT2D eigenvalue weighted by Crippen LogP contribution is 2.30. The third-order valence-electron chi connectivity index (χ3n) is 6.74. The average Bonchev–Trinajstić information content (AvgIpc) is 3.32. The number of fused-ring (bicyclic) bond motifs is 1. The van der Waals surface area contributed by atoms with E-state index in [0.717, 1.165) is 31.9 Å². The van der Waals surface area contributed by atoms with Crippen LogP contribution in [0.3, 0.4) is 0 Å². The minimum absolute atomic E-state index is 0.00909. The number of anilines is 1. The van der Waals surface area contributed by atoms with Gasteiger partial charge in [-0.15, -0.1) is 0 Å². The van der Waals surface area contributed by atoms with Crippen molar-refractivity contribution in [2.24, 2.45) is 11.8 Å². The summed E-state index contributed by atoms with van der Waals surface area (Å²) in [6, 6.07) is 4.43. The first-order valence-corrected chi connectivity index (χ1v) is 13.7. The number of amides is 2. The Labute approximate surface area is 202 Å². The van der Waals surface area contributed by atoms with Gasteiger partial charge in [-0.3, -0.25) is 14.3 Å². The maximum Gasteiger partial charge on any atom is 0.257 e. The Morgan fingerprint density at radius 2 is 1.85 bits per heavy atom. The van der Waals surface area contributed by atoms with Gasteiger partial charge in [-0.1, -0.05) is 19.8 Å². The van der Waals surface area contributed by atoms with Gasteiger partial charge in [0.2, 0.25) is 15.9 Å². The van der Waals surface area contributed by atoms with Crippen molar-refractivity contribution >= 4 is 27.5 Å². The molecule has 2 amide bonds. The summed E-state index contributed by atoms with van der Waals surface area (Å²) in [7, 11) is -0.216. The second-order valence-electron chi connectivity index (χ2n) is 9.65. The molecule has 0 radical (unpaired) electrons. The first-order chi connectivity index (χ1) is 16.0. The van der Waals surface area contributed by atoms with Crippen LogP contribution >= 0.6 is 0 Å². The van der Waals surface area contributed by atoms with Gasteiger partial charge in [-0.25, -0.2) is 8.42 Å². The molecular formula is C24H37N3O6S. The molecule has 9 nitrogen and oxygen atoms in total. The number of rotatable bonds is 4. The Morgan fingerprint density at radius 1 is 1.18 bits per heavy atom. The van der Waals surface area contributed by atoms with Crippen LogP contribution in [-0.4, -0.2) is 82.3 Å². The van der Waals surface area contributed by atoms with Crippen LogP contribution < -0.4 is 9.46 Å². The molecule has 3 rings (SSSR count). The number of ether oxygens (including phenoxy) is 2. The van der Waals surface area contributed by atoms with Crippen LogP contribution in [0.5, 0.6) is 5.75 Å². The van der Waals surface area contributed by atoms with Crippen molar-refractivity contribution in [1.29, 1.82) is 0 Å². The number of carbonyl (C=O) groups is 2. The van der Waals surface area contributed by atoms with Crippen LogP contribution in [0.2, 0.25) is 0 Å². The lowest BCUT2D eigenvalue weighted by Crippen LogP contribution is -2.50. The summed E-state index contributed by atoms with van der Waals surface area (Å²) in [6.07, 6.45) is 4.77. The van der Waals surface area contributed by atoms with E-state index in [1.165, 1.54) is 6.07 Å². The smallest absolute Gasteiger partial charge is 0.257 e. The number of carbonyl (C=O) groups excluding carboxylic acids is 2. The maximum absolute atomic E-state index is 13.4. The van der Waals surface area contributed by atoms with Crippen molar-refractivity contribution in [2.45, 2.75) is 51.7 Å². The molecule has 1 saturated carbocycles. The SMILES string of the molecule is CO[C@H]1CN(C)C(=O)c2cc(NS(C)(=O)=O)ccc2OC[C@@H](C)N(C(=O)C2CCCC2)C[C@@H]1C. The lowest BCUT2D eigenvalue weighted by atomic mass is 9.99. The maximum atomic E-state index is 13.4. The fourth-order valence-corrected chi connectivity index (χ4v) is 5.32. The molecule has 0 spiro atoms. The number of methoxy groups -OCH3 is 1. The van der Waals surface area contributed by atoms with Crippen molar-refractivity contribution in [3.8, 4) is 5.75 Å². The van der Waals surface area contributed by atoms with E-state index in [4.69, 9.17) is 9.47 Å². The molecule has 0 unspecified atom stereocenters. The summed E-state index contributed by atoms with van der Waals surface area (Å²) in [4.78, 5) is 30.2. The van der Waals surface area contributed by atoms with Gasteiger partial charge in [0.1, 0.15) is 12.4 Å². The lowest BCUT2D eigenvalue weighted by molar-refractivity contribution is -0.139. The van der Waals surface area contributed by atoms with E-state index >= 15 is 0 Å². The van der Waals surface area contributed by atoms with Crippen LogP contribution in [0.15, 0.2) is 18.2 Å². The van der Waals surface area contributed by atoms with E-state index in [-0.39, 0.29) is 53.7 Å². The number of sulfonamides is 1. The monoisotopic (exact) mass is 495 g/mol. The second kappa shape index (κ2) is 10.9. The van der Waals surface area contributed by atoms with Crippen molar-refractivity contribution in [2.75, 3.05) is 44.8 Å². The van der Waals surface area contributed by atoms with Crippen molar-refractivity contribution in [3.05, 3.63) is 23.8 Å². The summed E-state index contributed by atoms with van der Waals surface area (Å²) in [5, 5.41) is 0. The summed E-state index contributed by atoms with van der Waals surface area (Å²) in [5.74, 6) is 0.242. The van der Waals surface area contributed by atoms with Crippen molar-refractivity contribution in [3.63, 3.8) is 0 Å². The standard InChI is InChI=1S/C24H37N3O6S/c1-16-13-27(23(28)18-8-6-7-9-18)17(2)15-33-21-11-10-19(25-34(5,30)31)12-20(21)24(29)26(3)14-22(16)32-4/h10-12,16-18,22,25H,6-9,13-15H2,1-5H3/t16-,17+,22-/m0/s1. The van der Waals surface area contributed by atoms with E-state index < -0.39 is 10.0 Å². The number of nitrogens with zero attached hydrogens (tertiary/aromatic N) is 2. The number of hydrogen-bond acceptors (Lipinski definition) is 6. The largest absolute Gasteiger partial charge is 0.491 e. The molecule has 1 N–H and O–H groups in total. The topological polar surface area (TPSA) is 105 Å². The molecule has 1 aliphatic heterocycles. The van der Waals surface area contributed by atoms with E-state index in [1.54, 1.807) is 31.2 Å². The number of likely N-dealkylation sites (N-methyl/N-ethyl adjacent to an activating group) is 1. The Kier molecular flexibility index (Phi) is 8.46. The van der Waals surface area contributed by atoms with Gasteiger partial charge in [-0.05, 0) is 38.0 Å². The third-order valence-corrected chi connectivity index (χ3v) is 7.34. The van der Waals surface area contributed by atoms with Gasteiger partial charge in [0.15, 0.2) is 0 Å². The van der Waals surface area contributed by atoms with Gasteiger partial charge in [0.25, 0.3) is 5.91 Å². The predicted molar refractivity (Wildman–Crippen MR) is 130 cm³/mol. The Morgan fingerprint density at radius 3 is 2.47 bits per heavy atom. The number of nitrogens with one attached hydrogen (secondary N) is 1. The van der Waals surface area contributed by atoms with Crippen LogP contribution in [0.1, 0.15) is 49.9 Å². The van der Waals surface area contributed by atoms with Crippen LogP contribution in [0, 0.1) is 11.8 Å². The molecule has 34 heavy (non-hydrogen) atoms. The molecule has 10 heteroatoms. The summed E-state index contributed by atoms with van der Waals surface area (Å²) in [5.41, 5.74) is 0.529. The average molecular weight is 496 g/mol. The molecule has 1 heterocycles. The zero-order chi connectivity index (χ0) is 25.0. The van der Waals surface area contributed by atoms with Gasteiger partial charge in [0, 0.05) is 44.8 Å². The van der Waals surface area contributed by atoms with Gasteiger partial charge in [-0.2, -0.15) is 0 Å². The fraction of sp³-hybridized carbons (Fsp3) is 0.667. The Balaban J connectivity index is 1.96. The first kappa shape index (κ1) is 26.3. The highest BCUT2D eigenvalue weighted by Gasteiger charge is 2.34. The molecule has 1 aromatic rings. The lowest BCUT2D eigenvalue weighted by Gasteiger charge is -2.37. The second-order valence-corrected chi connectivity index (χ2v) is 11.4. The van der Waals surface area contributed by atoms with E-state index in [1.807, 2.05) is 18.7 Å². The Hall–Kier alpha value is -2.33. The quantitative estimate of drug-likeness (QED) is 0.688. The van der Waals surface area contributed by atoms with Gasteiger partial charge < -0.3 is 19.3 Å². The van der Waals surface area contributed by atoms with Gasteiger partial charge >= 0.3 is 0 Å². The highest BCUT2D eigenvalue weighted by atomic mass is 32.2. The molecule has 1 aromatic carbocycles. The molecule has 2 aliphatic rings. The molecule has 0 bridgehead atoms. The normalized spacial score (nSPS) is 25.2. The highest BCUT2D eigenvalue weighted by molar-refractivity contribution is 7.92. The molecule has 0 saturated heterocycles. The van der Waals surface area contributed by atoms with Crippen LogP contribution in [0.25, 0.3) is 0 Å². The van der Waals surface area contributed by atoms with E-state index in [9.17, 15) is 18.0 Å². The molecule has 1 aliphatic carbocycles. The van der Waals surface area contributed by atoms with E-state index in [2.05, 4.69) is 4.72 Å². The predicted octanol–water partition coefficient (Wildman–Crippen LogP) is 2.58. The fourth-order valence-electron chi connectivity index (χ4n) is 4.77. The van der Waals surface area contributed by atoms with Crippen molar-refractivity contribution in [1.82, 2.24) is 9.80 Å². The van der Waals surface area contributed by atoms with E-state index in [0.29, 0.717) is 18.8 Å². The minimum atomic E-state index is -3.51. The molecule has 1 fully saturated rings. The van der Waals surface area contributed by atoms with Crippen LogP contribution in [-0.2, 0) is 19.6 Å². The summed E-state index contributed by atoms with van der Waals surface area (Å²) >= 11 is 0. The summed E-state index contributed by atoms with van der Waals surface area (Å²) < 4.78 is 37.6. The third kappa shape index (κ3) is 6.41. The molecule has 0 aromatic heterocycles. The summed E-state index contributed by atoms with van der Waals surface area (Å²) in [6.45, 7) is 5.04. The Bertz CT molecular complexity index is 992. The zero-order valence-electron chi connectivity index (χ0n) is 20.7. The first-order valence-electron chi connectivity index (χ1n) is 11.8.